The molecule has 20 heavy (non-hydrogen) atoms. The molecule has 0 heterocycles. The molecule has 0 radical (unpaired) electrons. The van der Waals surface area contributed by atoms with Crippen LogP contribution in [-0.2, 0) is 15.7 Å². The minimum Gasteiger partial charge on any atom is -0.366 e. The van der Waals surface area contributed by atoms with E-state index in [1.165, 1.54) is 6.07 Å². The minimum absolute atomic E-state index is 0.0210. The monoisotopic (exact) mass is 309 g/mol. The first kappa shape index (κ1) is 16.8. The summed E-state index contributed by atoms with van der Waals surface area (Å²) in [5.74, 6) is -0.546. The standard InChI is InChI=1S/C13H15ClF3NO2/c1-12(2,3)20-7-11(19)18-10-5-8(13(15,16)17)4-9(14)6-10/h4-6H,7H2,1-3H3,(H,18,19). The van der Waals surface area contributed by atoms with E-state index in [4.69, 9.17) is 16.3 Å². The van der Waals surface area contributed by atoms with E-state index in [2.05, 4.69) is 5.32 Å². The van der Waals surface area contributed by atoms with Crippen molar-refractivity contribution in [2.24, 2.45) is 0 Å². The van der Waals surface area contributed by atoms with E-state index < -0.39 is 23.2 Å². The lowest BCUT2D eigenvalue weighted by atomic mass is 10.2. The SMILES string of the molecule is CC(C)(C)OCC(=O)Nc1cc(Cl)cc(C(F)(F)F)c1. The van der Waals surface area contributed by atoms with Gasteiger partial charge in [0.05, 0.1) is 11.2 Å². The Kier molecular flexibility index (Phi) is 5.05. The van der Waals surface area contributed by atoms with Crippen LogP contribution < -0.4 is 5.32 Å². The molecule has 0 saturated heterocycles. The van der Waals surface area contributed by atoms with Gasteiger partial charge in [-0.15, -0.1) is 0 Å². The molecule has 1 amide bonds. The zero-order valence-electron chi connectivity index (χ0n) is 11.3. The van der Waals surface area contributed by atoms with Crippen molar-refractivity contribution in [2.75, 3.05) is 11.9 Å². The first-order chi connectivity index (χ1) is 8.97. The summed E-state index contributed by atoms with van der Waals surface area (Å²) in [5, 5.41) is 2.21. The largest absolute Gasteiger partial charge is 0.416 e. The number of halogens is 4. The summed E-state index contributed by atoms with van der Waals surface area (Å²) in [6.45, 7) is 5.04. The maximum atomic E-state index is 12.6. The Balaban J connectivity index is 2.78. The van der Waals surface area contributed by atoms with E-state index in [-0.39, 0.29) is 17.3 Å². The van der Waals surface area contributed by atoms with Crippen molar-refractivity contribution in [1.29, 1.82) is 0 Å². The van der Waals surface area contributed by atoms with Crippen molar-refractivity contribution >= 4 is 23.2 Å². The number of hydrogen-bond donors (Lipinski definition) is 1. The number of carbonyl (C=O) groups excluding carboxylic acids is 1. The molecule has 1 aromatic carbocycles. The van der Waals surface area contributed by atoms with Gasteiger partial charge in [-0.1, -0.05) is 11.6 Å². The Morgan fingerprint density at radius 3 is 2.35 bits per heavy atom. The van der Waals surface area contributed by atoms with Crippen LogP contribution in [0.25, 0.3) is 0 Å². The highest BCUT2D eigenvalue weighted by molar-refractivity contribution is 6.31. The van der Waals surface area contributed by atoms with E-state index in [0.717, 1.165) is 12.1 Å². The minimum atomic E-state index is -4.52. The summed E-state index contributed by atoms with van der Waals surface area (Å²) >= 11 is 5.61. The zero-order chi connectivity index (χ0) is 15.6. The van der Waals surface area contributed by atoms with Crippen molar-refractivity contribution in [3.8, 4) is 0 Å². The van der Waals surface area contributed by atoms with Crippen molar-refractivity contribution in [1.82, 2.24) is 0 Å². The second kappa shape index (κ2) is 6.01. The summed E-state index contributed by atoms with van der Waals surface area (Å²) in [6.07, 6.45) is -4.52. The van der Waals surface area contributed by atoms with Crippen molar-refractivity contribution < 1.29 is 22.7 Å². The van der Waals surface area contributed by atoms with Gasteiger partial charge in [0.15, 0.2) is 0 Å². The van der Waals surface area contributed by atoms with Crippen LogP contribution in [0.3, 0.4) is 0 Å². The highest BCUT2D eigenvalue weighted by Crippen LogP contribution is 2.33. The number of alkyl halides is 3. The molecule has 1 N–H and O–H groups in total. The first-order valence-electron chi connectivity index (χ1n) is 5.79. The van der Waals surface area contributed by atoms with Gasteiger partial charge in [0, 0.05) is 10.7 Å². The number of hydrogen-bond acceptors (Lipinski definition) is 2. The van der Waals surface area contributed by atoms with Gasteiger partial charge in [-0.3, -0.25) is 4.79 Å². The first-order valence-corrected chi connectivity index (χ1v) is 6.17. The number of rotatable bonds is 3. The van der Waals surface area contributed by atoms with Gasteiger partial charge >= 0.3 is 6.18 Å². The molecule has 0 aliphatic rings. The maximum absolute atomic E-state index is 12.6. The van der Waals surface area contributed by atoms with E-state index in [9.17, 15) is 18.0 Å². The van der Waals surface area contributed by atoms with Gasteiger partial charge in [-0.05, 0) is 39.0 Å². The molecule has 0 unspecified atom stereocenters. The van der Waals surface area contributed by atoms with Gasteiger partial charge in [0.2, 0.25) is 5.91 Å². The van der Waals surface area contributed by atoms with Crippen LogP contribution in [0.2, 0.25) is 5.02 Å². The third kappa shape index (κ3) is 5.79. The number of amides is 1. The van der Waals surface area contributed by atoms with Crippen LogP contribution >= 0.6 is 11.6 Å². The second-order valence-corrected chi connectivity index (χ2v) is 5.61. The molecule has 0 bridgehead atoms. The lowest BCUT2D eigenvalue weighted by Crippen LogP contribution is -2.27. The number of ether oxygens (including phenoxy) is 1. The van der Waals surface area contributed by atoms with Crippen LogP contribution in [0.15, 0.2) is 18.2 Å². The zero-order valence-corrected chi connectivity index (χ0v) is 12.0. The van der Waals surface area contributed by atoms with Crippen LogP contribution in [0, 0.1) is 0 Å². The lowest BCUT2D eigenvalue weighted by molar-refractivity contribution is -0.137. The number of nitrogens with one attached hydrogen (secondary N) is 1. The molecule has 1 aromatic rings. The van der Waals surface area contributed by atoms with Gasteiger partial charge in [0.25, 0.3) is 0 Å². The van der Waals surface area contributed by atoms with Crippen molar-refractivity contribution in [2.45, 2.75) is 32.5 Å². The van der Waals surface area contributed by atoms with E-state index in [1.807, 2.05) is 0 Å². The molecule has 0 atom stereocenters. The highest BCUT2D eigenvalue weighted by atomic mass is 35.5. The molecular formula is C13H15ClF3NO2. The van der Waals surface area contributed by atoms with Gasteiger partial charge in [0.1, 0.15) is 6.61 Å². The van der Waals surface area contributed by atoms with Gasteiger partial charge in [-0.2, -0.15) is 13.2 Å². The number of carbonyl (C=O) groups is 1. The topological polar surface area (TPSA) is 38.3 Å². The fraction of sp³-hybridized carbons (Fsp3) is 0.462. The average molecular weight is 310 g/mol. The summed E-state index contributed by atoms with van der Waals surface area (Å²) < 4.78 is 43.0. The second-order valence-electron chi connectivity index (χ2n) is 5.18. The summed E-state index contributed by atoms with van der Waals surface area (Å²) in [4.78, 5) is 11.6. The molecule has 0 spiro atoms. The fourth-order valence-corrected chi connectivity index (χ4v) is 1.54. The maximum Gasteiger partial charge on any atom is 0.416 e. The summed E-state index contributed by atoms with van der Waals surface area (Å²) in [5.41, 5.74) is -1.45. The fourth-order valence-electron chi connectivity index (χ4n) is 1.30. The van der Waals surface area contributed by atoms with Crippen LogP contribution in [0.1, 0.15) is 26.3 Å². The molecule has 0 fully saturated rings. The summed E-state index contributed by atoms with van der Waals surface area (Å²) in [7, 11) is 0. The van der Waals surface area contributed by atoms with Crippen LogP contribution in [0.5, 0.6) is 0 Å². The molecule has 7 heteroatoms. The molecule has 1 rings (SSSR count). The normalized spacial score (nSPS) is 12.3. The van der Waals surface area contributed by atoms with Crippen molar-refractivity contribution in [3.63, 3.8) is 0 Å². The smallest absolute Gasteiger partial charge is 0.366 e. The van der Waals surface area contributed by atoms with Gasteiger partial charge in [-0.25, -0.2) is 0 Å². The Morgan fingerprint density at radius 1 is 1.25 bits per heavy atom. The third-order valence-corrected chi connectivity index (χ3v) is 2.36. The predicted octanol–water partition coefficient (Wildman–Crippen LogP) is 4.11. The van der Waals surface area contributed by atoms with Crippen LogP contribution in [-0.4, -0.2) is 18.1 Å². The van der Waals surface area contributed by atoms with Crippen molar-refractivity contribution in [3.05, 3.63) is 28.8 Å². The Hall–Kier alpha value is -1.27. The molecule has 112 valence electrons. The Labute approximate surface area is 120 Å². The summed E-state index contributed by atoms with van der Waals surface area (Å²) in [6, 6.07) is 2.86. The Bertz CT molecular complexity index is 495. The molecule has 0 saturated carbocycles. The number of anilines is 1. The predicted molar refractivity (Wildman–Crippen MR) is 70.8 cm³/mol. The quantitative estimate of drug-likeness (QED) is 0.912. The molecular weight excluding hydrogens is 295 g/mol. The van der Waals surface area contributed by atoms with Gasteiger partial charge < -0.3 is 10.1 Å². The van der Waals surface area contributed by atoms with E-state index in [0.29, 0.717) is 0 Å². The average Bonchev–Trinajstić information content (AvgIpc) is 2.23. The molecule has 0 aliphatic heterocycles. The lowest BCUT2D eigenvalue weighted by Gasteiger charge is -2.19. The number of benzene rings is 1. The van der Waals surface area contributed by atoms with Crippen LogP contribution in [0.4, 0.5) is 18.9 Å². The van der Waals surface area contributed by atoms with E-state index in [1.54, 1.807) is 20.8 Å². The molecule has 3 nitrogen and oxygen atoms in total. The highest BCUT2D eigenvalue weighted by Gasteiger charge is 2.31. The van der Waals surface area contributed by atoms with E-state index >= 15 is 0 Å². The molecule has 0 aliphatic carbocycles. The Morgan fingerprint density at radius 2 is 1.85 bits per heavy atom. The third-order valence-electron chi connectivity index (χ3n) is 2.15. The molecule has 0 aromatic heterocycles.